The highest BCUT2D eigenvalue weighted by Gasteiger charge is 2.22. The lowest BCUT2D eigenvalue weighted by Crippen LogP contribution is -2.15. The molecule has 0 spiro atoms. The molecular formula is C19H22N2O3. The number of aliphatic hydroxyl groups is 1. The lowest BCUT2D eigenvalue weighted by Gasteiger charge is -2.13. The van der Waals surface area contributed by atoms with E-state index in [2.05, 4.69) is 10.6 Å². The van der Waals surface area contributed by atoms with Crippen LogP contribution in [0.15, 0.2) is 48.5 Å². The van der Waals surface area contributed by atoms with E-state index in [9.17, 15) is 4.79 Å². The average Bonchev–Trinajstić information content (AvgIpc) is 3.43. The van der Waals surface area contributed by atoms with E-state index in [1.807, 2.05) is 42.5 Å². The molecule has 1 amide bonds. The van der Waals surface area contributed by atoms with E-state index in [0.717, 1.165) is 29.5 Å². The van der Waals surface area contributed by atoms with Gasteiger partial charge in [0.1, 0.15) is 12.4 Å². The predicted octanol–water partition coefficient (Wildman–Crippen LogP) is 3.02. The van der Waals surface area contributed by atoms with Crippen LogP contribution in [0.5, 0.6) is 5.75 Å². The third kappa shape index (κ3) is 4.73. The number of benzene rings is 2. The van der Waals surface area contributed by atoms with Crippen LogP contribution in [0, 0.1) is 5.92 Å². The van der Waals surface area contributed by atoms with Crippen molar-refractivity contribution in [1.82, 2.24) is 0 Å². The fourth-order valence-electron chi connectivity index (χ4n) is 2.39. The Bertz CT molecular complexity index is 699. The van der Waals surface area contributed by atoms with Crippen molar-refractivity contribution in [3.8, 4) is 5.75 Å². The molecule has 0 saturated heterocycles. The molecule has 0 aromatic heterocycles. The minimum Gasteiger partial charge on any atom is -0.493 e. The van der Waals surface area contributed by atoms with E-state index in [1.165, 1.54) is 12.8 Å². The first-order valence-corrected chi connectivity index (χ1v) is 8.20. The minimum absolute atomic E-state index is 0.425. The maximum absolute atomic E-state index is 11.3. The van der Waals surface area contributed by atoms with E-state index in [1.54, 1.807) is 6.07 Å². The topological polar surface area (TPSA) is 70.6 Å². The number of hydrogen-bond donors (Lipinski definition) is 3. The van der Waals surface area contributed by atoms with E-state index in [-0.39, 0.29) is 0 Å². The van der Waals surface area contributed by atoms with Crippen LogP contribution >= 0.6 is 0 Å². The van der Waals surface area contributed by atoms with Gasteiger partial charge in [-0.2, -0.15) is 0 Å². The zero-order valence-electron chi connectivity index (χ0n) is 13.5. The SMILES string of the molecule is O=C(CO)Nc1cccc(NCc2ccccc2OCC2CC2)c1. The highest BCUT2D eigenvalue weighted by molar-refractivity contribution is 5.91. The fourth-order valence-corrected chi connectivity index (χ4v) is 2.39. The van der Waals surface area contributed by atoms with Crippen molar-refractivity contribution >= 4 is 17.3 Å². The summed E-state index contributed by atoms with van der Waals surface area (Å²) in [5.41, 5.74) is 2.64. The van der Waals surface area contributed by atoms with Gasteiger partial charge in [-0.15, -0.1) is 0 Å². The van der Waals surface area contributed by atoms with Crippen LogP contribution in [0.25, 0.3) is 0 Å². The lowest BCUT2D eigenvalue weighted by atomic mass is 10.2. The molecule has 5 heteroatoms. The molecule has 5 nitrogen and oxygen atoms in total. The summed E-state index contributed by atoms with van der Waals surface area (Å²) >= 11 is 0. The van der Waals surface area contributed by atoms with Crippen molar-refractivity contribution in [2.75, 3.05) is 23.8 Å². The number of carbonyl (C=O) groups excluding carboxylic acids is 1. The Morgan fingerprint density at radius 2 is 1.92 bits per heavy atom. The minimum atomic E-state index is -0.524. The molecule has 1 saturated carbocycles. The van der Waals surface area contributed by atoms with Crippen LogP contribution in [0.3, 0.4) is 0 Å². The number of para-hydroxylation sites is 1. The number of carbonyl (C=O) groups is 1. The normalized spacial score (nSPS) is 13.4. The number of anilines is 2. The number of nitrogens with one attached hydrogen (secondary N) is 2. The molecule has 3 rings (SSSR count). The van der Waals surface area contributed by atoms with Crippen LogP contribution in [-0.2, 0) is 11.3 Å². The summed E-state index contributed by atoms with van der Waals surface area (Å²) in [7, 11) is 0. The van der Waals surface area contributed by atoms with Crippen LogP contribution < -0.4 is 15.4 Å². The smallest absolute Gasteiger partial charge is 0.250 e. The van der Waals surface area contributed by atoms with Crippen LogP contribution in [0.1, 0.15) is 18.4 Å². The molecule has 0 bridgehead atoms. The van der Waals surface area contributed by atoms with Gasteiger partial charge in [-0.3, -0.25) is 4.79 Å². The molecule has 1 aliphatic carbocycles. The van der Waals surface area contributed by atoms with Crippen molar-refractivity contribution < 1.29 is 14.6 Å². The zero-order valence-corrected chi connectivity index (χ0v) is 13.5. The van der Waals surface area contributed by atoms with Crippen molar-refractivity contribution in [3.63, 3.8) is 0 Å². The average molecular weight is 326 g/mol. The first-order valence-electron chi connectivity index (χ1n) is 8.20. The Morgan fingerprint density at radius 3 is 2.71 bits per heavy atom. The summed E-state index contributed by atoms with van der Waals surface area (Å²) in [6, 6.07) is 15.4. The van der Waals surface area contributed by atoms with Gasteiger partial charge in [0.2, 0.25) is 5.91 Å². The molecule has 2 aromatic carbocycles. The zero-order chi connectivity index (χ0) is 16.8. The standard InChI is InChI=1S/C19H22N2O3/c22-12-19(23)21-17-6-3-5-16(10-17)20-11-15-4-1-2-7-18(15)24-13-14-8-9-14/h1-7,10,14,20,22H,8-9,11-13H2,(H,21,23). The van der Waals surface area contributed by atoms with Crippen molar-refractivity contribution in [3.05, 3.63) is 54.1 Å². The quantitative estimate of drug-likeness (QED) is 0.697. The molecule has 0 heterocycles. The Hall–Kier alpha value is -2.53. The van der Waals surface area contributed by atoms with Gasteiger partial charge in [-0.1, -0.05) is 24.3 Å². The summed E-state index contributed by atoms with van der Waals surface area (Å²) in [5.74, 6) is 1.21. The summed E-state index contributed by atoms with van der Waals surface area (Å²) in [5, 5.41) is 14.8. The number of rotatable bonds is 8. The number of amides is 1. The highest BCUT2D eigenvalue weighted by Crippen LogP contribution is 2.30. The summed E-state index contributed by atoms with van der Waals surface area (Å²) in [6.45, 7) is 0.904. The lowest BCUT2D eigenvalue weighted by molar-refractivity contribution is -0.118. The Morgan fingerprint density at radius 1 is 1.12 bits per heavy atom. The van der Waals surface area contributed by atoms with Crippen molar-refractivity contribution in [1.29, 1.82) is 0 Å². The molecule has 0 aliphatic heterocycles. The number of ether oxygens (including phenoxy) is 1. The van der Waals surface area contributed by atoms with Gasteiger partial charge in [-0.25, -0.2) is 0 Å². The second kappa shape index (κ2) is 7.84. The fraction of sp³-hybridized carbons (Fsp3) is 0.316. The molecule has 0 atom stereocenters. The highest BCUT2D eigenvalue weighted by atomic mass is 16.5. The van der Waals surface area contributed by atoms with Crippen molar-refractivity contribution in [2.45, 2.75) is 19.4 Å². The van der Waals surface area contributed by atoms with E-state index in [4.69, 9.17) is 9.84 Å². The third-order valence-corrected chi connectivity index (χ3v) is 3.92. The third-order valence-electron chi connectivity index (χ3n) is 3.92. The molecule has 126 valence electrons. The number of hydrogen-bond acceptors (Lipinski definition) is 4. The maximum atomic E-state index is 11.3. The molecule has 1 fully saturated rings. The molecule has 0 unspecified atom stereocenters. The summed E-state index contributed by atoms with van der Waals surface area (Å²) in [6.07, 6.45) is 2.54. The Balaban J connectivity index is 1.60. The van der Waals surface area contributed by atoms with Gasteiger partial charge in [0.25, 0.3) is 0 Å². The second-order valence-electron chi connectivity index (χ2n) is 6.00. The molecular weight excluding hydrogens is 304 g/mol. The molecule has 3 N–H and O–H groups in total. The Kier molecular flexibility index (Phi) is 5.33. The van der Waals surface area contributed by atoms with E-state index in [0.29, 0.717) is 12.2 Å². The largest absolute Gasteiger partial charge is 0.493 e. The summed E-state index contributed by atoms with van der Waals surface area (Å²) in [4.78, 5) is 11.3. The van der Waals surface area contributed by atoms with Gasteiger partial charge in [0.15, 0.2) is 0 Å². The van der Waals surface area contributed by atoms with Gasteiger partial charge >= 0.3 is 0 Å². The molecule has 0 radical (unpaired) electrons. The molecule has 1 aliphatic rings. The monoisotopic (exact) mass is 326 g/mol. The van der Waals surface area contributed by atoms with Crippen LogP contribution in [0.4, 0.5) is 11.4 Å². The van der Waals surface area contributed by atoms with E-state index < -0.39 is 12.5 Å². The van der Waals surface area contributed by atoms with Gasteiger partial charge in [-0.05, 0) is 43.0 Å². The van der Waals surface area contributed by atoms with E-state index >= 15 is 0 Å². The van der Waals surface area contributed by atoms with Gasteiger partial charge in [0.05, 0.1) is 6.61 Å². The van der Waals surface area contributed by atoms with Crippen molar-refractivity contribution in [2.24, 2.45) is 5.92 Å². The van der Waals surface area contributed by atoms with Gasteiger partial charge in [0, 0.05) is 23.5 Å². The van der Waals surface area contributed by atoms with Crippen LogP contribution in [0.2, 0.25) is 0 Å². The predicted molar refractivity (Wildman–Crippen MR) is 94.1 cm³/mol. The summed E-state index contributed by atoms with van der Waals surface area (Å²) < 4.78 is 5.92. The number of aliphatic hydroxyl groups excluding tert-OH is 1. The molecule has 2 aromatic rings. The first kappa shape index (κ1) is 16.3. The molecule has 24 heavy (non-hydrogen) atoms. The van der Waals surface area contributed by atoms with Gasteiger partial charge < -0.3 is 20.5 Å². The first-order chi connectivity index (χ1) is 11.7. The second-order valence-corrected chi connectivity index (χ2v) is 6.00. The maximum Gasteiger partial charge on any atom is 0.250 e. The van der Waals surface area contributed by atoms with Crippen LogP contribution in [-0.4, -0.2) is 24.2 Å². The Labute approximate surface area is 141 Å².